The number of carbonyl (C=O) groups excluding carboxylic acids is 1. The van der Waals surface area contributed by atoms with E-state index in [4.69, 9.17) is 4.99 Å². The van der Waals surface area contributed by atoms with Gasteiger partial charge in [-0.2, -0.15) is 0 Å². The van der Waals surface area contributed by atoms with Crippen LogP contribution in [-0.4, -0.2) is 28.4 Å². The summed E-state index contributed by atoms with van der Waals surface area (Å²) in [6, 6.07) is 18.1. The average molecular weight is 404 g/mol. The Kier molecular flexibility index (Phi) is 5.27. The predicted molar refractivity (Wildman–Crippen MR) is 115 cm³/mol. The molecule has 3 aromatic rings. The number of hydrogen-bond donors (Lipinski definition) is 3. The van der Waals surface area contributed by atoms with Gasteiger partial charge in [-0.25, -0.2) is 4.99 Å². The van der Waals surface area contributed by atoms with E-state index in [-0.39, 0.29) is 17.4 Å². The van der Waals surface area contributed by atoms with Crippen molar-refractivity contribution in [2.24, 2.45) is 4.99 Å². The minimum Gasteiger partial charge on any atom is -0.504 e. The van der Waals surface area contributed by atoms with Crippen LogP contribution >= 0.6 is 11.8 Å². The maximum Gasteiger partial charge on any atom is 0.251 e. The van der Waals surface area contributed by atoms with Crippen molar-refractivity contribution >= 4 is 29.1 Å². The summed E-state index contributed by atoms with van der Waals surface area (Å²) in [6.45, 7) is 2.63. The summed E-state index contributed by atoms with van der Waals surface area (Å²) in [7, 11) is 0. The first kappa shape index (κ1) is 19.1. The Labute approximate surface area is 173 Å². The molecule has 3 N–H and O–H groups in total. The maximum atomic E-state index is 12.4. The molecule has 0 aromatic heterocycles. The lowest BCUT2D eigenvalue weighted by Gasteiger charge is -2.10. The highest BCUT2D eigenvalue weighted by atomic mass is 32.2. The van der Waals surface area contributed by atoms with Crippen LogP contribution in [-0.2, 0) is 0 Å². The third kappa shape index (κ3) is 3.84. The van der Waals surface area contributed by atoms with Gasteiger partial charge in [0.25, 0.3) is 5.91 Å². The zero-order valence-corrected chi connectivity index (χ0v) is 16.7. The van der Waals surface area contributed by atoms with Crippen molar-refractivity contribution in [3.05, 3.63) is 77.4 Å². The normalized spacial score (nSPS) is 12.4. The van der Waals surface area contributed by atoms with Crippen molar-refractivity contribution in [2.45, 2.75) is 23.1 Å². The van der Waals surface area contributed by atoms with Crippen LogP contribution in [0.1, 0.15) is 34.8 Å². The second-order valence-electron chi connectivity index (χ2n) is 6.70. The molecule has 0 spiro atoms. The molecule has 0 saturated carbocycles. The van der Waals surface area contributed by atoms with E-state index in [0.717, 1.165) is 21.8 Å². The lowest BCUT2D eigenvalue weighted by molar-refractivity contribution is 0.0953. The number of aromatic hydroxyl groups is 2. The lowest BCUT2D eigenvalue weighted by atomic mass is 10.0. The fraction of sp³-hybridized carbons (Fsp3) is 0.130. The van der Waals surface area contributed by atoms with Crippen molar-refractivity contribution in [3.8, 4) is 11.5 Å². The van der Waals surface area contributed by atoms with E-state index < -0.39 is 0 Å². The van der Waals surface area contributed by atoms with Crippen LogP contribution in [0.4, 0.5) is 5.69 Å². The molecule has 146 valence electrons. The molecule has 3 aromatic carbocycles. The number of aliphatic imine (C=N–C) groups is 1. The van der Waals surface area contributed by atoms with E-state index >= 15 is 0 Å². The first-order valence-corrected chi connectivity index (χ1v) is 10.2. The van der Waals surface area contributed by atoms with Crippen molar-refractivity contribution in [2.75, 3.05) is 6.54 Å². The molecule has 29 heavy (non-hydrogen) atoms. The number of benzene rings is 3. The third-order valence-electron chi connectivity index (χ3n) is 4.60. The zero-order chi connectivity index (χ0) is 20.4. The topological polar surface area (TPSA) is 81.9 Å². The first-order chi connectivity index (χ1) is 14.1. The van der Waals surface area contributed by atoms with Gasteiger partial charge in [0.2, 0.25) is 0 Å². The molecule has 4 rings (SSSR count). The molecule has 0 fully saturated rings. The summed E-state index contributed by atoms with van der Waals surface area (Å²) in [5.74, 6) is -0.506. The molecule has 0 unspecified atom stereocenters. The van der Waals surface area contributed by atoms with Crippen LogP contribution in [0, 0.1) is 0 Å². The average Bonchev–Trinajstić information content (AvgIpc) is 2.90. The Hall–Kier alpha value is -3.25. The van der Waals surface area contributed by atoms with Gasteiger partial charge in [0.15, 0.2) is 11.5 Å². The summed E-state index contributed by atoms with van der Waals surface area (Å²) in [5.41, 5.74) is 3.53. The Bertz CT molecular complexity index is 1120. The fourth-order valence-electron chi connectivity index (χ4n) is 3.11. The van der Waals surface area contributed by atoms with E-state index in [9.17, 15) is 15.0 Å². The van der Waals surface area contributed by atoms with Gasteiger partial charge in [0, 0.05) is 33.0 Å². The van der Waals surface area contributed by atoms with Crippen molar-refractivity contribution in [1.82, 2.24) is 5.32 Å². The van der Waals surface area contributed by atoms with Gasteiger partial charge in [-0.15, -0.1) is 0 Å². The van der Waals surface area contributed by atoms with E-state index in [0.29, 0.717) is 29.1 Å². The Morgan fingerprint density at radius 2 is 1.83 bits per heavy atom. The van der Waals surface area contributed by atoms with Gasteiger partial charge in [0.1, 0.15) is 0 Å². The fourth-order valence-corrected chi connectivity index (χ4v) is 4.12. The van der Waals surface area contributed by atoms with Gasteiger partial charge < -0.3 is 15.5 Å². The van der Waals surface area contributed by atoms with Gasteiger partial charge >= 0.3 is 0 Å². The minimum absolute atomic E-state index is 0.125. The van der Waals surface area contributed by atoms with Crippen LogP contribution in [0.15, 0.2) is 75.4 Å². The molecule has 0 saturated heterocycles. The summed E-state index contributed by atoms with van der Waals surface area (Å²) in [4.78, 5) is 19.2. The molecule has 1 aliphatic rings. The maximum absolute atomic E-state index is 12.4. The third-order valence-corrected chi connectivity index (χ3v) is 5.74. The number of hydrogen-bond acceptors (Lipinski definition) is 5. The lowest BCUT2D eigenvalue weighted by Crippen LogP contribution is -2.23. The quantitative estimate of drug-likeness (QED) is 0.424. The highest BCUT2D eigenvalue weighted by molar-refractivity contribution is 7.99. The molecule has 0 radical (unpaired) electrons. The number of phenols is 2. The number of rotatable bonds is 4. The number of nitrogens with one attached hydrogen (secondary N) is 1. The number of amides is 1. The summed E-state index contributed by atoms with van der Waals surface area (Å²) >= 11 is 1.59. The monoisotopic (exact) mass is 404 g/mol. The predicted octanol–water partition coefficient (Wildman–Crippen LogP) is 4.87. The summed E-state index contributed by atoms with van der Waals surface area (Å²) in [6.07, 6.45) is 0.870. The van der Waals surface area contributed by atoms with Crippen molar-refractivity contribution in [3.63, 3.8) is 0 Å². The van der Waals surface area contributed by atoms with E-state index in [2.05, 4.69) is 5.32 Å². The van der Waals surface area contributed by atoms with Crippen LogP contribution in [0.2, 0.25) is 0 Å². The molecule has 1 heterocycles. The minimum atomic E-state index is -0.201. The molecule has 0 atom stereocenters. The van der Waals surface area contributed by atoms with Crippen LogP contribution in [0.25, 0.3) is 0 Å². The molecule has 1 aliphatic heterocycles. The molecule has 1 amide bonds. The summed E-state index contributed by atoms with van der Waals surface area (Å²) in [5, 5.41) is 22.6. The SMILES string of the molecule is CCCNC(=O)c1ccc2c(c1)N=C(c1ccc(O)c(O)c1)c1ccccc1S2. The zero-order valence-electron chi connectivity index (χ0n) is 15.8. The van der Waals surface area contributed by atoms with E-state index in [1.807, 2.05) is 43.3 Å². The summed E-state index contributed by atoms with van der Waals surface area (Å²) < 4.78 is 0. The number of fused-ring (bicyclic) bond motifs is 2. The van der Waals surface area contributed by atoms with Gasteiger partial charge in [-0.3, -0.25) is 4.79 Å². The largest absolute Gasteiger partial charge is 0.504 e. The second-order valence-corrected chi connectivity index (χ2v) is 7.78. The van der Waals surface area contributed by atoms with E-state index in [1.165, 1.54) is 12.1 Å². The highest BCUT2D eigenvalue weighted by Crippen LogP contribution is 2.42. The van der Waals surface area contributed by atoms with Crippen LogP contribution in [0.3, 0.4) is 0 Å². The Morgan fingerprint density at radius 1 is 1.00 bits per heavy atom. The standard InChI is InChI=1S/C23H20N2O3S/c1-2-11-24-23(28)15-8-10-21-17(12-15)25-22(14-7-9-18(26)19(27)13-14)16-5-3-4-6-20(16)29-21/h3-10,12-13,26-27H,2,11H2,1H3,(H,24,28). The van der Waals surface area contributed by atoms with Gasteiger partial charge in [-0.1, -0.05) is 36.9 Å². The van der Waals surface area contributed by atoms with Gasteiger partial charge in [-0.05, 0) is 48.9 Å². The Balaban J connectivity index is 1.86. The molecular weight excluding hydrogens is 384 g/mol. The van der Waals surface area contributed by atoms with Crippen molar-refractivity contribution < 1.29 is 15.0 Å². The smallest absolute Gasteiger partial charge is 0.251 e. The molecule has 0 aliphatic carbocycles. The Morgan fingerprint density at radius 3 is 2.62 bits per heavy atom. The second kappa shape index (κ2) is 8.01. The molecule has 0 bridgehead atoms. The first-order valence-electron chi connectivity index (χ1n) is 9.37. The number of nitrogens with zero attached hydrogens (tertiary/aromatic N) is 1. The highest BCUT2D eigenvalue weighted by Gasteiger charge is 2.20. The van der Waals surface area contributed by atoms with Crippen LogP contribution < -0.4 is 5.32 Å². The van der Waals surface area contributed by atoms with Crippen molar-refractivity contribution in [1.29, 1.82) is 0 Å². The molecule has 5 nitrogen and oxygen atoms in total. The van der Waals surface area contributed by atoms with Gasteiger partial charge in [0.05, 0.1) is 11.4 Å². The number of phenolic OH excluding ortho intramolecular Hbond substituents is 2. The molecule has 6 heteroatoms. The van der Waals surface area contributed by atoms with E-state index in [1.54, 1.807) is 23.9 Å². The number of carbonyl (C=O) groups is 1. The van der Waals surface area contributed by atoms with Crippen LogP contribution in [0.5, 0.6) is 11.5 Å². The molecular formula is C23H20N2O3S.